The fourth-order valence-electron chi connectivity index (χ4n) is 9.65. The van der Waals surface area contributed by atoms with Crippen molar-refractivity contribution < 1.29 is 0 Å². The van der Waals surface area contributed by atoms with E-state index in [1.54, 1.807) is 0 Å². The van der Waals surface area contributed by atoms with E-state index in [-0.39, 0.29) is 0 Å². The van der Waals surface area contributed by atoms with Gasteiger partial charge in [0.1, 0.15) is 5.82 Å². The fraction of sp³-hybridized carbons (Fsp3) is 0.0169. The number of hydrogen-bond acceptors (Lipinski definition) is 4. The van der Waals surface area contributed by atoms with E-state index in [2.05, 4.69) is 211 Å². The number of hydrogen-bond donors (Lipinski definition) is 0. The largest absolute Gasteiger partial charge is 0.292 e. The average molecular weight is 818 g/mol. The van der Waals surface area contributed by atoms with Gasteiger partial charge in [-0.15, -0.1) is 0 Å². The molecule has 11 aromatic rings. The van der Waals surface area contributed by atoms with Crippen molar-refractivity contribution in [3.63, 3.8) is 0 Å². The van der Waals surface area contributed by atoms with Gasteiger partial charge in [0, 0.05) is 27.9 Å². The van der Waals surface area contributed by atoms with Gasteiger partial charge in [-0.3, -0.25) is 4.57 Å². The smallest absolute Gasteiger partial charge is 0.164 e. The second-order valence-corrected chi connectivity index (χ2v) is 16.2. The van der Waals surface area contributed by atoms with Crippen LogP contribution in [-0.4, -0.2) is 24.5 Å². The number of aromatic nitrogens is 5. The van der Waals surface area contributed by atoms with Crippen molar-refractivity contribution in [3.05, 3.63) is 259 Å². The molecular formula is C59H39N5. The van der Waals surface area contributed by atoms with Crippen LogP contribution in [0.25, 0.3) is 84.5 Å². The average Bonchev–Trinajstić information content (AvgIpc) is 3.92. The molecule has 0 spiro atoms. The quantitative estimate of drug-likeness (QED) is 0.153. The molecule has 0 saturated carbocycles. The van der Waals surface area contributed by atoms with E-state index in [1.807, 2.05) is 30.3 Å². The first kappa shape index (κ1) is 37.2. The van der Waals surface area contributed by atoms with Crippen LogP contribution in [0, 0.1) is 0 Å². The van der Waals surface area contributed by atoms with Crippen LogP contribution in [0.4, 0.5) is 0 Å². The van der Waals surface area contributed by atoms with Crippen molar-refractivity contribution in [3.8, 4) is 73.5 Å². The number of imidazole rings is 1. The van der Waals surface area contributed by atoms with Gasteiger partial charge in [0.2, 0.25) is 0 Å². The summed E-state index contributed by atoms with van der Waals surface area (Å²) >= 11 is 0. The Morgan fingerprint density at radius 3 is 1.52 bits per heavy atom. The Kier molecular flexibility index (Phi) is 8.97. The third kappa shape index (κ3) is 6.17. The lowest BCUT2D eigenvalue weighted by Crippen LogP contribution is -2.28. The first-order chi connectivity index (χ1) is 31.7. The van der Waals surface area contributed by atoms with Gasteiger partial charge in [-0.25, -0.2) is 19.9 Å². The molecule has 0 bridgehead atoms. The Morgan fingerprint density at radius 2 is 0.812 bits per heavy atom. The Labute approximate surface area is 371 Å². The zero-order valence-corrected chi connectivity index (χ0v) is 34.8. The van der Waals surface area contributed by atoms with E-state index in [4.69, 9.17) is 19.9 Å². The first-order valence-electron chi connectivity index (χ1n) is 21.6. The predicted molar refractivity (Wildman–Crippen MR) is 259 cm³/mol. The van der Waals surface area contributed by atoms with E-state index in [1.165, 1.54) is 33.4 Å². The molecule has 2 heterocycles. The first-order valence-corrected chi connectivity index (χ1v) is 21.6. The maximum atomic E-state index is 5.25. The normalized spacial score (nSPS) is 12.5. The maximum Gasteiger partial charge on any atom is 0.164 e. The number of para-hydroxylation sites is 3. The molecule has 9 aromatic carbocycles. The standard InChI is InChI=1S/C59H39N5/c1-5-18-41(19-6-1)55-61-56(44-21-17-20-43(38-44)40-32-34-42(35-33-40)58-60-53-30-15-16-31-54(53)64(58)48-26-11-4-12-27-48)63-57(62-55)45-36-37-52-50(39-45)49-28-13-14-29-51(49)59(52,46-22-7-2-8-23-46)47-24-9-3-10-25-47/h1-39H. The summed E-state index contributed by atoms with van der Waals surface area (Å²) in [5.41, 5.74) is 15.9. The third-order valence-electron chi connectivity index (χ3n) is 12.6. The number of rotatable bonds is 8. The van der Waals surface area contributed by atoms with Gasteiger partial charge in [0.25, 0.3) is 0 Å². The number of nitrogens with zero attached hydrogens (tertiary/aromatic N) is 5. The molecule has 64 heavy (non-hydrogen) atoms. The Bertz CT molecular complexity index is 3430. The van der Waals surface area contributed by atoms with Crippen LogP contribution in [0.3, 0.4) is 0 Å². The second kappa shape index (κ2) is 15.4. The zero-order chi connectivity index (χ0) is 42.5. The topological polar surface area (TPSA) is 56.5 Å². The van der Waals surface area contributed by atoms with Gasteiger partial charge >= 0.3 is 0 Å². The Morgan fingerprint density at radius 1 is 0.312 bits per heavy atom. The minimum atomic E-state index is -0.484. The van der Waals surface area contributed by atoms with Gasteiger partial charge in [0.15, 0.2) is 17.5 Å². The Balaban J connectivity index is 0.959. The predicted octanol–water partition coefficient (Wildman–Crippen LogP) is 13.9. The van der Waals surface area contributed by atoms with E-state index < -0.39 is 5.41 Å². The van der Waals surface area contributed by atoms with Gasteiger partial charge in [0.05, 0.1) is 16.4 Å². The molecule has 0 fully saturated rings. The highest BCUT2D eigenvalue weighted by Gasteiger charge is 2.46. The summed E-state index contributed by atoms with van der Waals surface area (Å²) in [6, 6.07) is 83.4. The lowest BCUT2D eigenvalue weighted by atomic mass is 9.67. The Hall–Kier alpha value is -8.54. The van der Waals surface area contributed by atoms with Gasteiger partial charge in [-0.2, -0.15) is 0 Å². The van der Waals surface area contributed by atoms with Crippen molar-refractivity contribution in [1.29, 1.82) is 0 Å². The molecular weight excluding hydrogens is 779 g/mol. The SMILES string of the molecule is c1ccc(-c2nc(-c3cccc(-c4ccc(-c5nc6ccccc6n5-c5ccccc5)cc4)c3)nc(-c3ccc4c(c3)-c3ccccc3C4(c3ccccc3)c3ccccc3)n2)cc1. The molecule has 0 aliphatic heterocycles. The van der Waals surface area contributed by atoms with Crippen molar-refractivity contribution in [1.82, 2.24) is 24.5 Å². The van der Waals surface area contributed by atoms with Crippen LogP contribution in [0.2, 0.25) is 0 Å². The molecule has 0 unspecified atom stereocenters. The molecule has 0 atom stereocenters. The van der Waals surface area contributed by atoms with Gasteiger partial charge in [-0.1, -0.05) is 200 Å². The molecule has 1 aliphatic rings. The summed E-state index contributed by atoms with van der Waals surface area (Å²) in [4.78, 5) is 20.6. The summed E-state index contributed by atoms with van der Waals surface area (Å²) in [6.07, 6.45) is 0. The van der Waals surface area contributed by atoms with Crippen LogP contribution in [-0.2, 0) is 5.41 Å². The van der Waals surface area contributed by atoms with Crippen molar-refractivity contribution >= 4 is 11.0 Å². The molecule has 0 saturated heterocycles. The van der Waals surface area contributed by atoms with Crippen molar-refractivity contribution in [2.24, 2.45) is 0 Å². The maximum absolute atomic E-state index is 5.25. The summed E-state index contributed by atoms with van der Waals surface area (Å²) < 4.78 is 2.23. The second-order valence-electron chi connectivity index (χ2n) is 16.2. The molecule has 2 aromatic heterocycles. The zero-order valence-electron chi connectivity index (χ0n) is 34.8. The number of benzene rings is 9. The van der Waals surface area contributed by atoms with Crippen molar-refractivity contribution in [2.45, 2.75) is 5.41 Å². The van der Waals surface area contributed by atoms with Crippen molar-refractivity contribution in [2.75, 3.05) is 0 Å². The highest BCUT2D eigenvalue weighted by atomic mass is 15.1. The molecule has 12 rings (SSSR count). The minimum absolute atomic E-state index is 0.484. The summed E-state index contributed by atoms with van der Waals surface area (Å²) in [6.45, 7) is 0. The monoisotopic (exact) mass is 817 g/mol. The van der Waals surface area contributed by atoms with E-state index in [0.717, 1.165) is 55.9 Å². The van der Waals surface area contributed by atoms with Gasteiger partial charge in [-0.05, 0) is 80.9 Å². The molecule has 0 N–H and O–H groups in total. The molecule has 5 nitrogen and oxygen atoms in total. The summed E-state index contributed by atoms with van der Waals surface area (Å²) in [5.74, 6) is 2.76. The highest BCUT2D eigenvalue weighted by molar-refractivity contribution is 5.89. The van der Waals surface area contributed by atoms with Crippen LogP contribution in [0.5, 0.6) is 0 Å². The minimum Gasteiger partial charge on any atom is -0.292 e. The third-order valence-corrected chi connectivity index (χ3v) is 12.6. The van der Waals surface area contributed by atoms with Crippen LogP contribution >= 0.6 is 0 Å². The van der Waals surface area contributed by atoms with E-state index in [9.17, 15) is 0 Å². The summed E-state index contributed by atoms with van der Waals surface area (Å²) in [5, 5.41) is 0. The van der Waals surface area contributed by atoms with Gasteiger partial charge < -0.3 is 0 Å². The van der Waals surface area contributed by atoms with E-state index in [0.29, 0.717) is 17.5 Å². The van der Waals surface area contributed by atoms with Crippen LogP contribution in [0.15, 0.2) is 237 Å². The van der Waals surface area contributed by atoms with Crippen LogP contribution < -0.4 is 0 Å². The summed E-state index contributed by atoms with van der Waals surface area (Å²) in [7, 11) is 0. The molecule has 5 heteroatoms. The molecule has 0 amide bonds. The van der Waals surface area contributed by atoms with Crippen LogP contribution in [0.1, 0.15) is 22.3 Å². The number of fused-ring (bicyclic) bond motifs is 4. The van der Waals surface area contributed by atoms with E-state index >= 15 is 0 Å². The molecule has 0 radical (unpaired) electrons. The lowest BCUT2D eigenvalue weighted by Gasteiger charge is -2.33. The highest BCUT2D eigenvalue weighted by Crippen LogP contribution is 2.56. The molecule has 1 aliphatic carbocycles. The lowest BCUT2D eigenvalue weighted by molar-refractivity contribution is 0.768. The fourth-order valence-corrected chi connectivity index (χ4v) is 9.65. The molecule has 300 valence electrons.